The summed E-state index contributed by atoms with van der Waals surface area (Å²) in [5.41, 5.74) is 0. The Morgan fingerprint density at radius 3 is 1.24 bits per heavy atom. The molecule has 0 aliphatic heterocycles. The van der Waals surface area contributed by atoms with E-state index in [2.05, 4.69) is 4.74 Å². The van der Waals surface area contributed by atoms with Crippen LogP contribution in [-0.2, 0) is 47.7 Å². The molecule has 0 saturated carbocycles. The maximum absolute atomic E-state index is 11.6. The summed E-state index contributed by atoms with van der Waals surface area (Å²) in [6, 6.07) is 0. The highest BCUT2D eigenvalue weighted by Crippen LogP contribution is 1.95. The third-order valence-electron chi connectivity index (χ3n) is 3.63. The molecule has 13 heteroatoms. The molecule has 0 radical (unpaired) electrons. The predicted molar refractivity (Wildman–Crippen MR) is 113 cm³/mol. The first-order valence-corrected chi connectivity index (χ1v) is 9.84. The molecular weight excluding hydrogens is 458 g/mol. The van der Waals surface area contributed by atoms with Gasteiger partial charge in [-0.15, -0.1) is 0 Å². The molecule has 0 aromatic rings. The van der Waals surface area contributed by atoms with Crippen molar-refractivity contribution in [2.75, 3.05) is 59.8 Å². The van der Waals surface area contributed by atoms with Crippen molar-refractivity contribution in [3.05, 3.63) is 36.5 Å². The highest BCUT2D eigenvalue weighted by Gasteiger charge is 2.10. The van der Waals surface area contributed by atoms with Gasteiger partial charge in [-0.1, -0.05) is 0 Å². The van der Waals surface area contributed by atoms with Crippen LogP contribution in [0.3, 0.4) is 0 Å². The van der Waals surface area contributed by atoms with Crippen LogP contribution in [0.2, 0.25) is 0 Å². The minimum absolute atomic E-state index is 0.109. The number of nitrogens with zero attached hydrogens (tertiary/aromatic N) is 1. The Morgan fingerprint density at radius 1 is 0.588 bits per heavy atom. The van der Waals surface area contributed by atoms with Crippen molar-refractivity contribution in [2.45, 2.75) is 0 Å². The predicted octanol–water partition coefficient (Wildman–Crippen LogP) is -2.12. The molecule has 0 fully saturated rings. The van der Waals surface area contributed by atoms with E-state index in [9.17, 15) is 28.8 Å². The van der Waals surface area contributed by atoms with Crippen molar-refractivity contribution in [2.24, 2.45) is 0 Å². The third kappa shape index (κ3) is 16.9. The average molecular weight is 485 g/mol. The van der Waals surface area contributed by atoms with E-state index >= 15 is 0 Å². The van der Waals surface area contributed by atoms with Gasteiger partial charge in [0.05, 0.1) is 7.11 Å². The summed E-state index contributed by atoms with van der Waals surface area (Å²) in [5.74, 6) is -4.49. The zero-order chi connectivity index (χ0) is 25.8. The second kappa shape index (κ2) is 18.8. The van der Waals surface area contributed by atoms with Gasteiger partial charge in [0.1, 0.15) is 33.0 Å². The minimum atomic E-state index is -0.814. The number of ketones is 2. The Hall–Kier alpha value is -3.68. The van der Waals surface area contributed by atoms with Crippen LogP contribution in [0.25, 0.3) is 0 Å². The summed E-state index contributed by atoms with van der Waals surface area (Å²) >= 11 is 0. The summed E-state index contributed by atoms with van der Waals surface area (Å²) in [6.45, 7) is -1.41. The van der Waals surface area contributed by atoms with Gasteiger partial charge in [-0.25, -0.2) is 19.2 Å². The van der Waals surface area contributed by atoms with Crippen molar-refractivity contribution in [3.8, 4) is 0 Å². The molecule has 0 atom stereocenters. The minimum Gasteiger partial charge on any atom is -0.466 e. The molecular formula is C21H27NO12. The van der Waals surface area contributed by atoms with E-state index < -0.39 is 48.7 Å². The number of ether oxygens (including phenoxy) is 4. The molecule has 188 valence electrons. The Kier molecular flexibility index (Phi) is 16.8. The number of rotatable bonds is 17. The van der Waals surface area contributed by atoms with Gasteiger partial charge in [-0.2, -0.15) is 0 Å². The fourth-order valence-electron chi connectivity index (χ4n) is 1.94. The maximum Gasteiger partial charge on any atom is 0.331 e. The molecule has 0 aromatic carbocycles. The van der Waals surface area contributed by atoms with Gasteiger partial charge in [-0.05, 0) is 12.2 Å². The van der Waals surface area contributed by atoms with Crippen LogP contribution in [0, 0.1) is 0 Å². The van der Waals surface area contributed by atoms with Crippen LogP contribution >= 0.6 is 0 Å². The summed E-state index contributed by atoms with van der Waals surface area (Å²) in [4.78, 5) is 69.2. The number of hydrogen-bond acceptors (Lipinski definition) is 13. The lowest BCUT2D eigenvalue weighted by Crippen LogP contribution is -2.35. The maximum atomic E-state index is 11.6. The van der Waals surface area contributed by atoms with Crippen molar-refractivity contribution in [3.63, 3.8) is 0 Å². The monoisotopic (exact) mass is 485 g/mol. The van der Waals surface area contributed by atoms with E-state index in [-0.39, 0.29) is 39.5 Å². The summed E-state index contributed by atoms with van der Waals surface area (Å²) in [6.07, 6.45) is 5.24. The lowest BCUT2D eigenvalue weighted by atomic mass is 10.3. The van der Waals surface area contributed by atoms with E-state index in [1.54, 1.807) is 4.90 Å². The Labute approximate surface area is 195 Å². The second-order valence-corrected chi connectivity index (χ2v) is 6.12. The number of hydrogen-bond donors (Lipinski definition) is 2. The molecule has 34 heavy (non-hydrogen) atoms. The van der Waals surface area contributed by atoms with Gasteiger partial charge in [0.15, 0.2) is 11.6 Å². The fourth-order valence-corrected chi connectivity index (χ4v) is 1.94. The van der Waals surface area contributed by atoms with Crippen LogP contribution in [-0.4, -0.2) is 110 Å². The molecule has 0 rings (SSSR count). The summed E-state index contributed by atoms with van der Waals surface area (Å²) in [7, 11) is 1.15. The Morgan fingerprint density at radius 2 is 0.912 bits per heavy atom. The van der Waals surface area contributed by atoms with Gasteiger partial charge in [0, 0.05) is 43.9 Å². The lowest BCUT2D eigenvalue weighted by molar-refractivity contribution is -0.140. The first kappa shape index (κ1) is 30.3. The van der Waals surface area contributed by atoms with Crippen LogP contribution in [0.1, 0.15) is 0 Å². The van der Waals surface area contributed by atoms with E-state index in [0.29, 0.717) is 0 Å². The molecule has 0 aliphatic carbocycles. The zero-order valence-electron chi connectivity index (χ0n) is 18.5. The number of methoxy groups -OCH3 is 1. The summed E-state index contributed by atoms with van der Waals surface area (Å²) < 4.78 is 19.1. The van der Waals surface area contributed by atoms with Gasteiger partial charge >= 0.3 is 23.9 Å². The van der Waals surface area contributed by atoms with Crippen LogP contribution < -0.4 is 0 Å². The zero-order valence-corrected chi connectivity index (χ0v) is 18.5. The van der Waals surface area contributed by atoms with Gasteiger partial charge < -0.3 is 29.2 Å². The summed E-state index contributed by atoms with van der Waals surface area (Å²) in [5, 5.41) is 17.2. The SMILES string of the molecule is COC(=O)/C=C\C(=O)OCCN(CCOC(=O)/C=C\C(=O)CO)CCOC(=O)/C=C\C(=O)CO. The normalized spacial score (nSPS) is 11.2. The Bertz CT molecular complexity index is 695. The quantitative estimate of drug-likeness (QED) is 0.130. The molecule has 0 heterocycles. The molecule has 0 unspecified atom stereocenters. The topological polar surface area (TPSA) is 183 Å². The standard InChI is InChI=1S/C21H27NO12/c1-31-18(27)6-7-21(30)34-13-10-22(8-11-32-19(28)4-2-16(25)14-23)9-12-33-20(29)5-3-17(26)15-24/h2-7,23-24H,8-15H2,1H3/b4-2-,5-3-,7-6-. The van der Waals surface area contributed by atoms with E-state index in [0.717, 1.165) is 43.6 Å². The molecule has 0 aliphatic rings. The largest absolute Gasteiger partial charge is 0.466 e. The highest BCUT2D eigenvalue weighted by atomic mass is 16.5. The number of aliphatic hydroxyl groups excluding tert-OH is 2. The average Bonchev–Trinajstić information content (AvgIpc) is 2.83. The number of aliphatic hydroxyl groups is 2. The molecule has 0 saturated heterocycles. The van der Waals surface area contributed by atoms with Crippen molar-refractivity contribution < 1.29 is 57.9 Å². The van der Waals surface area contributed by atoms with E-state index in [1.807, 2.05) is 0 Å². The van der Waals surface area contributed by atoms with E-state index in [1.165, 1.54) is 0 Å². The fraction of sp³-hybridized carbons (Fsp3) is 0.429. The van der Waals surface area contributed by atoms with Crippen molar-refractivity contribution >= 4 is 35.4 Å². The third-order valence-corrected chi connectivity index (χ3v) is 3.63. The molecule has 0 bridgehead atoms. The molecule has 0 aromatic heterocycles. The molecule has 2 N–H and O–H groups in total. The molecule has 0 spiro atoms. The van der Waals surface area contributed by atoms with Crippen molar-refractivity contribution in [1.29, 1.82) is 0 Å². The highest BCUT2D eigenvalue weighted by molar-refractivity contribution is 5.97. The van der Waals surface area contributed by atoms with Crippen LogP contribution in [0.4, 0.5) is 0 Å². The number of esters is 4. The Balaban J connectivity index is 4.67. The van der Waals surface area contributed by atoms with E-state index in [4.69, 9.17) is 24.4 Å². The number of carbonyl (C=O) groups excluding carboxylic acids is 6. The molecule has 13 nitrogen and oxygen atoms in total. The first-order chi connectivity index (χ1) is 16.2. The number of carbonyl (C=O) groups is 6. The second-order valence-electron chi connectivity index (χ2n) is 6.12. The van der Waals surface area contributed by atoms with Gasteiger partial charge in [0.2, 0.25) is 0 Å². The van der Waals surface area contributed by atoms with Gasteiger partial charge in [0.25, 0.3) is 0 Å². The first-order valence-electron chi connectivity index (χ1n) is 9.84. The lowest BCUT2D eigenvalue weighted by Gasteiger charge is -2.21. The van der Waals surface area contributed by atoms with Crippen LogP contribution in [0.15, 0.2) is 36.5 Å². The molecule has 0 amide bonds. The van der Waals surface area contributed by atoms with Gasteiger partial charge in [-0.3, -0.25) is 14.5 Å². The smallest absolute Gasteiger partial charge is 0.331 e. The van der Waals surface area contributed by atoms with Crippen LogP contribution in [0.5, 0.6) is 0 Å². The van der Waals surface area contributed by atoms with Crippen molar-refractivity contribution in [1.82, 2.24) is 4.90 Å².